The average Bonchev–Trinajstić information content (AvgIpc) is 2.51. The van der Waals surface area contributed by atoms with Gasteiger partial charge in [0, 0.05) is 13.1 Å². The van der Waals surface area contributed by atoms with Crippen LogP contribution in [-0.4, -0.2) is 47.3 Å². The number of β-amino-alcohol motifs (C(OH)–C–C–N with tert-alkyl or cyclic N) is 1. The molecule has 6 nitrogen and oxygen atoms in total. The van der Waals surface area contributed by atoms with Crippen LogP contribution < -0.4 is 10.6 Å². The maximum absolute atomic E-state index is 11.3. The summed E-state index contributed by atoms with van der Waals surface area (Å²) < 4.78 is 0. The molecule has 1 heterocycles. The topological polar surface area (TPSA) is 98.7 Å². The van der Waals surface area contributed by atoms with Crippen molar-refractivity contribution in [3.8, 4) is 0 Å². The van der Waals surface area contributed by atoms with Gasteiger partial charge in [0.25, 0.3) is 0 Å². The molecule has 0 spiro atoms. The number of carboxylic acids is 1. The molecule has 0 aromatic carbocycles. The lowest BCUT2D eigenvalue weighted by Gasteiger charge is -2.09. The molecule has 0 aromatic heterocycles. The Balaban J connectivity index is 2.18. The number of carboxylic acid groups (broad SMARTS) is 1. The van der Waals surface area contributed by atoms with E-state index in [4.69, 9.17) is 10.2 Å². The van der Waals surface area contributed by atoms with Crippen molar-refractivity contribution in [1.82, 2.24) is 10.6 Å². The first-order chi connectivity index (χ1) is 6.59. The number of carbonyl (C=O) groups excluding carboxylic acids is 1. The Kier molecular flexibility index (Phi) is 3.84. The zero-order chi connectivity index (χ0) is 10.6. The van der Waals surface area contributed by atoms with Crippen molar-refractivity contribution in [2.24, 2.45) is 0 Å². The lowest BCUT2D eigenvalue weighted by atomic mass is 10.2. The zero-order valence-corrected chi connectivity index (χ0v) is 7.69. The molecule has 2 atom stereocenters. The van der Waals surface area contributed by atoms with E-state index in [2.05, 4.69) is 10.6 Å². The Hall–Kier alpha value is -1.14. The highest BCUT2D eigenvalue weighted by Gasteiger charge is 2.27. The van der Waals surface area contributed by atoms with Crippen molar-refractivity contribution < 1.29 is 19.8 Å². The smallest absolute Gasteiger partial charge is 0.305 e. The Morgan fingerprint density at radius 3 is 2.71 bits per heavy atom. The highest BCUT2D eigenvalue weighted by Crippen LogP contribution is 2.05. The summed E-state index contributed by atoms with van der Waals surface area (Å²) in [5.74, 6) is -1.19. The van der Waals surface area contributed by atoms with E-state index in [1.54, 1.807) is 0 Å². The molecule has 0 bridgehead atoms. The lowest BCUT2D eigenvalue weighted by molar-refractivity contribution is -0.137. The summed E-state index contributed by atoms with van der Waals surface area (Å²) in [6.07, 6.45) is -0.176. The molecule has 14 heavy (non-hydrogen) atoms. The van der Waals surface area contributed by atoms with Crippen LogP contribution in [0, 0.1) is 0 Å². The van der Waals surface area contributed by atoms with Crippen LogP contribution >= 0.6 is 0 Å². The first kappa shape index (κ1) is 10.9. The molecule has 80 valence electrons. The van der Waals surface area contributed by atoms with Crippen molar-refractivity contribution in [3.63, 3.8) is 0 Å². The second-order valence-electron chi connectivity index (χ2n) is 3.29. The molecule has 1 rings (SSSR count). The minimum Gasteiger partial charge on any atom is -0.481 e. The quantitative estimate of drug-likeness (QED) is 0.435. The van der Waals surface area contributed by atoms with Crippen LogP contribution in [0.15, 0.2) is 0 Å². The van der Waals surface area contributed by atoms with E-state index in [9.17, 15) is 9.59 Å². The lowest BCUT2D eigenvalue weighted by Crippen LogP contribution is -2.41. The average molecular weight is 202 g/mol. The van der Waals surface area contributed by atoms with Gasteiger partial charge in [-0.3, -0.25) is 9.59 Å². The van der Waals surface area contributed by atoms with E-state index in [0.29, 0.717) is 13.0 Å². The molecule has 6 heteroatoms. The van der Waals surface area contributed by atoms with E-state index >= 15 is 0 Å². The summed E-state index contributed by atoms with van der Waals surface area (Å²) >= 11 is 0. The number of aliphatic carboxylic acids is 1. The molecule has 0 aliphatic carbocycles. The molecule has 0 radical (unpaired) electrons. The highest BCUT2D eigenvalue weighted by atomic mass is 16.4. The summed E-state index contributed by atoms with van der Waals surface area (Å²) in [5, 5.41) is 22.8. The van der Waals surface area contributed by atoms with Crippen LogP contribution in [-0.2, 0) is 9.59 Å². The fourth-order valence-electron chi connectivity index (χ4n) is 1.33. The van der Waals surface area contributed by atoms with E-state index in [1.807, 2.05) is 0 Å². The molecule has 1 aliphatic heterocycles. The van der Waals surface area contributed by atoms with Gasteiger partial charge in [0.15, 0.2) is 0 Å². The third-order valence-electron chi connectivity index (χ3n) is 2.06. The number of aliphatic hydroxyl groups is 1. The number of carbonyl (C=O) groups is 2. The largest absolute Gasteiger partial charge is 0.481 e. The Morgan fingerprint density at radius 1 is 1.50 bits per heavy atom. The SMILES string of the molecule is O=C(O)CCNC(=O)C1CC(O)CN1. The molecular weight excluding hydrogens is 188 g/mol. The number of hydrogen-bond donors (Lipinski definition) is 4. The van der Waals surface area contributed by atoms with Gasteiger partial charge in [-0.05, 0) is 6.42 Å². The molecule has 1 aliphatic rings. The summed E-state index contributed by atoms with van der Waals surface area (Å²) in [4.78, 5) is 21.4. The van der Waals surface area contributed by atoms with Gasteiger partial charge in [0.2, 0.25) is 5.91 Å². The van der Waals surface area contributed by atoms with Gasteiger partial charge in [-0.15, -0.1) is 0 Å². The third kappa shape index (κ3) is 3.31. The first-order valence-corrected chi connectivity index (χ1v) is 4.50. The molecule has 1 fully saturated rings. The zero-order valence-electron chi connectivity index (χ0n) is 7.69. The van der Waals surface area contributed by atoms with Gasteiger partial charge < -0.3 is 20.8 Å². The standard InChI is InChI=1S/C8H14N2O4/c11-5-3-6(10-4-5)8(14)9-2-1-7(12)13/h5-6,10-11H,1-4H2,(H,9,14)(H,12,13). The summed E-state index contributed by atoms with van der Waals surface area (Å²) in [5.41, 5.74) is 0. The van der Waals surface area contributed by atoms with Crippen LogP contribution in [0.1, 0.15) is 12.8 Å². The van der Waals surface area contributed by atoms with Crippen LogP contribution in [0.25, 0.3) is 0 Å². The Morgan fingerprint density at radius 2 is 2.21 bits per heavy atom. The number of amides is 1. The van der Waals surface area contributed by atoms with Gasteiger partial charge in [0.05, 0.1) is 18.6 Å². The fourth-order valence-corrected chi connectivity index (χ4v) is 1.33. The van der Waals surface area contributed by atoms with E-state index in [-0.39, 0.29) is 18.9 Å². The van der Waals surface area contributed by atoms with Gasteiger partial charge in [-0.1, -0.05) is 0 Å². The van der Waals surface area contributed by atoms with Gasteiger partial charge >= 0.3 is 5.97 Å². The summed E-state index contributed by atoms with van der Waals surface area (Å²) in [6.45, 7) is 0.541. The van der Waals surface area contributed by atoms with Gasteiger partial charge in [0.1, 0.15) is 0 Å². The Bertz CT molecular complexity index is 231. The minimum absolute atomic E-state index is 0.0823. The number of nitrogens with one attached hydrogen (secondary N) is 2. The third-order valence-corrected chi connectivity index (χ3v) is 2.06. The molecule has 0 aromatic rings. The van der Waals surface area contributed by atoms with Crippen LogP contribution in [0.5, 0.6) is 0 Å². The maximum atomic E-state index is 11.3. The van der Waals surface area contributed by atoms with Crippen molar-refractivity contribution in [3.05, 3.63) is 0 Å². The molecule has 2 unspecified atom stereocenters. The predicted octanol–water partition coefficient (Wildman–Crippen LogP) is -1.70. The van der Waals surface area contributed by atoms with Crippen LogP contribution in [0.2, 0.25) is 0 Å². The number of hydrogen-bond acceptors (Lipinski definition) is 4. The van der Waals surface area contributed by atoms with Crippen molar-refractivity contribution in [1.29, 1.82) is 0 Å². The molecule has 4 N–H and O–H groups in total. The van der Waals surface area contributed by atoms with E-state index in [1.165, 1.54) is 0 Å². The summed E-state index contributed by atoms with van der Waals surface area (Å²) in [7, 11) is 0. The number of rotatable bonds is 4. The van der Waals surface area contributed by atoms with Gasteiger partial charge in [-0.25, -0.2) is 0 Å². The highest BCUT2D eigenvalue weighted by molar-refractivity contribution is 5.82. The molecule has 0 saturated carbocycles. The summed E-state index contributed by atoms with van der Waals surface area (Å²) in [6, 6.07) is -0.390. The predicted molar refractivity (Wildman–Crippen MR) is 47.7 cm³/mol. The monoisotopic (exact) mass is 202 g/mol. The van der Waals surface area contributed by atoms with Crippen LogP contribution in [0.3, 0.4) is 0 Å². The second-order valence-corrected chi connectivity index (χ2v) is 3.29. The molecular formula is C8H14N2O4. The first-order valence-electron chi connectivity index (χ1n) is 4.50. The molecule has 1 amide bonds. The maximum Gasteiger partial charge on any atom is 0.305 e. The minimum atomic E-state index is -0.940. The molecule has 1 saturated heterocycles. The fraction of sp³-hybridized carbons (Fsp3) is 0.750. The number of aliphatic hydroxyl groups excluding tert-OH is 1. The van der Waals surface area contributed by atoms with Crippen molar-refractivity contribution in [2.75, 3.05) is 13.1 Å². The normalized spacial score (nSPS) is 26.1. The van der Waals surface area contributed by atoms with Crippen molar-refractivity contribution >= 4 is 11.9 Å². The Labute approximate surface area is 81.3 Å². The van der Waals surface area contributed by atoms with Gasteiger partial charge in [-0.2, -0.15) is 0 Å². The second kappa shape index (κ2) is 4.92. The van der Waals surface area contributed by atoms with Crippen LogP contribution in [0.4, 0.5) is 0 Å². The van der Waals surface area contributed by atoms with Crippen molar-refractivity contribution in [2.45, 2.75) is 25.0 Å². The van der Waals surface area contributed by atoms with E-state index in [0.717, 1.165) is 0 Å². The van der Waals surface area contributed by atoms with E-state index < -0.39 is 18.1 Å².